The Kier molecular flexibility index (Phi) is 2.41. The van der Waals surface area contributed by atoms with Crippen LogP contribution in [0.4, 0.5) is 0 Å². The number of nitrogens with zero attached hydrogens (tertiary/aromatic N) is 1. The van der Waals surface area contributed by atoms with Crippen LogP contribution in [0.15, 0.2) is 0 Å². The van der Waals surface area contributed by atoms with Crippen LogP contribution < -0.4 is 5.73 Å². The fraction of sp³-hybridized carbons (Fsp3) is 1.00. The van der Waals surface area contributed by atoms with Crippen LogP contribution >= 0.6 is 0 Å². The number of fused-ring (bicyclic) bond motifs is 4. The highest BCUT2D eigenvalue weighted by molar-refractivity contribution is 5.15. The highest BCUT2D eigenvalue weighted by atomic mass is 16.3. The predicted molar refractivity (Wildman–Crippen MR) is 71.0 cm³/mol. The average Bonchev–Trinajstić information content (AvgIpc) is 3.09. The molecule has 4 rings (SSSR count). The lowest BCUT2D eigenvalue weighted by molar-refractivity contribution is -0.161. The molecular weight excluding hydrogens is 224 g/mol. The molecular formula is C15H26N2O. The van der Waals surface area contributed by atoms with E-state index in [-0.39, 0.29) is 5.41 Å². The maximum Gasteiger partial charge on any atom is 0.0771 e. The molecule has 6 atom stereocenters. The van der Waals surface area contributed by atoms with E-state index >= 15 is 0 Å². The first-order valence-electron chi connectivity index (χ1n) is 7.83. The standard InChI is InChI=1S/C15H26N2O/c16-10-14(8-11-1-2-12(14)7-11)15(18)4-6-17-5-3-13(15)9-17/h11-13,18H,1-10,16H2. The molecule has 6 unspecified atom stereocenters. The van der Waals surface area contributed by atoms with Crippen molar-refractivity contribution in [1.29, 1.82) is 0 Å². The summed E-state index contributed by atoms with van der Waals surface area (Å²) < 4.78 is 0. The van der Waals surface area contributed by atoms with E-state index in [1.807, 2.05) is 0 Å². The van der Waals surface area contributed by atoms with Gasteiger partial charge in [-0.1, -0.05) is 6.42 Å². The Morgan fingerprint density at radius 2 is 2.06 bits per heavy atom. The first kappa shape index (κ1) is 11.7. The predicted octanol–water partition coefficient (Wildman–Crippen LogP) is 1.21. The van der Waals surface area contributed by atoms with E-state index in [9.17, 15) is 5.11 Å². The lowest BCUT2D eigenvalue weighted by Gasteiger charge is -2.54. The van der Waals surface area contributed by atoms with Crippen molar-refractivity contribution in [3.8, 4) is 0 Å². The molecule has 2 aliphatic carbocycles. The Labute approximate surface area is 110 Å². The monoisotopic (exact) mass is 250 g/mol. The molecule has 4 fully saturated rings. The van der Waals surface area contributed by atoms with E-state index < -0.39 is 5.60 Å². The zero-order chi connectivity index (χ0) is 12.4. The first-order chi connectivity index (χ1) is 8.68. The quantitative estimate of drug-likeness (QED) is 0.774. The Morgan fingerprint density at radius 1 is 1.17 bits per heavy atom. The Balaban J connectivity index is 1.71. The molecule has 3 N–H and O–H groups in total. The molecule has 0 radical (unpaired) electrons. The van der Waals surface area contributed by atoms with Crippen molar-refractivity contribution >= 4 is 0 Å². The number of aliphatic hydroxyl groups is 1. The topological polar surface area (TPSA) is 49.5 Å². The highest BCUT2D eigenvalue weighted by Crippen LogP contribution is 2.63. The SMILES string of the molecule is NCC1(C2(O)CCN3CCC2C3)CC2CCC1C2. The summed E-state index contributed by atoms with van der Waals surface area (Å²) in [5, 5.41) is 11.5. The van der Waals surface area contributed by atoms with Crippen LogP contribution in [0.1, 0.15) is 38.5 Å². The van der Waals surface area contributed by atoms with Gasteiger partial charge in [-0.05, 0) is 50.5 Å². The zero-order valence-corrected chi connectivity index (χ0v) is 11.3. The third kappa shape index (κ3) is 1.26. The zero-order valence-electron chi connectivity index (χ0n) is 11.3. The van der Waals surface area contributed by atoms with Gasteiger partial charge in [0.2, 0.25) is 0 Å². The van der Waals surface area contributed by atoms with Gasteiger partial charge in [0.25, 0.3) is 0 Å². The summed E-state index contributed by atoms with van der Waals surface area (Å²) in [6.45, 7) is 4.12. The molecule has 0 amide bonds. The van der Waals surface area contributed by atoms with E-state index in [2.05, 4.69) is 4.90 Å². The van der Waals surface area contributed by atoms with Crippen molar-refractivity contribution in [3.05, 3.63) is 0 Å². The summed E-state index contributed by atoms with van der Waals surface area (Å²) in [6, 6.07) is 0. The molecule has 2 saturated carbocycles. The summed E-state index contributed by atoms with van der Waals surface area (Å²) in [7, 11) is 0. The van der Waals surface area contributed by atoms with Gasteiger partial charge in [-0.3, -0.25) is 0 Å². The molecule has 2 saturated heterocycles. The molecule has 0 spiro atoms. The molecule has 102 valence electrons. The van der Waals surface area contributed by atoms with Crippen LogP contribution in [0.25, 0.3) is 0 Å². The van der Waals surface area contributed by atoms with Gasteiger partial charge in [-0.25, -0.2) is 0 Å². The smallest absolute Gasteiger partial charge is 0.0771 e. The highest BCUT2D eigenvalue weighted by Gasteiger charge is 2.64. The molecule has 4 aliphatic rings. The molecule has 2 heterocycles. The average molecular weight is 250 g/mol. The van der Waals surface area contributed by atoms with Crippen LogP contribution in [-0.4, -0.2) is 41.8 Å². The van der Waals surface area contributed by atoms with Crippen molar-refractivity contribution in [2.45, 2.75) is 44.1 Å². The van der Waals surface area contributed by atoms with Gasteiger partial charge in [0.15, 0.2) is 0 Å². The van der Waals surface area contributed by atoms with Crippen molar-refractivity contribution < 1.29 is 5.11 Å². The van der Waals surface area contributed by atoms with Crippen LogP contribution in [0.3, 0.4) is 0 Å². The van der Waals surface area contributed by atoms with Gasteiger partial charge in [0, 0.05) is 31.0 Å². The van der Waals surface area contributed by atoms with E-state index in [0.717, 1.165) is 25.4 Å². The lowest BCUT2D eigenvalue weighted by atomic mass is 9.56. The summed E-state index contributed by atoms with van der Waals surface area (Å²) in [5.74, 6) is 2.07. The number of rotatable bonds is 2. The van der Waals surface area contributed by atoms with Gasteiger partial charge in [0.1, 0.15) is 0 Å². The number of piperidine rings is 1. The summed E-state index contributed by atoms with van der Waals surface area (Å²) in [6.07, 6.45) is 7.42. The fourth-order valence-electron chi connectivity index (χ4n) is 6.01. The van der Waals surface area contributed by atoms with Gasteiger partial charge in [-0.2, -0.15) is 0 Å². The van der Waals surface area contributed by atoms with Gasteiger partial charge in [0.05, 0.1) is 5.60 Å². The second kappa shape index (κ2) is 3.71. The van der Waals surface area contributed by atoms with E-state index in [4.69, 9.17) is 5.73 Å². The minimum atomic E-state index is -0.450. The number of hydrogen-bond donors (Lipinski definition) is 2. The summed E-state index contributed by atoms with van der Waals surface area (Å²) in [4.78, 5) is 2.52. The molecule has 3 nitrogen and oxygen atoms in total. The minimum absolute atomic E-state index is 0.0665. The Hall–Kier alpha value is -0.120. The van der Waals surface area contributed by atoms with Crippen LogP contribution in [0.5, 0.6) is 0 Å². The number of hydrogen-bond acceptors (Lipinski definition) is 3. The molecule has 2 aliphatic heterocycles. The fourth-order valence-corrected chi connectivity index (χ4v) is 6.01. The van der Waals surface area contributed by atoms with E-state index in [0.29, 0.717) is 18.4 Å². The van der Waals surface area contributed by atoms with Gasteiger partial charge >= 0.3 is 0 Å². The molecule has 4 bridgehead atoms. The number of nitrogens with two attached hydrogens (primary N) is 1. The third-order valence-electron chi connectivity index (χ3n) is 6.96. The van der Waals surface area contributed by atoms with E-state index in [1.54, 1.807) is 0 Å². The van der Waals surface area contributed by atoms with Crippen LogP contribution in [0.2, 0.25) is 0 Å². The van der Waals surface area contributed by atoms with Crippen LogP contribution in [-0.2, 0) is 0 Å². The van der Waals surface area contributed by atoms with Gasteiger partial charge in [-0.15, -0.1) is 0 Å². The largest absolute Gasteiger partial charge is 0.389 e. The first-order valence-corrected chi connectivity index (χ1v) is 7.83. The third-order valence-corrected chi connectivity index (χ3v) is 6.96. The second-order valence-electron chi connectivity index (χ2n) is 7.40. The molecule has 0 aromatic heterocycles. The Morgan fingerprint density at radius 3 is 2.72 bits per heavy atom. The maximum absolute atomic E-state index is 11.5. The summed E-state index contributed by atoms with van der Waals surface area (Å²) in [5.41, 5.74) is 5.84. The molecule has 0 aromatic carbocycles. The molecule has 3 heteroatoms. The summed E-state index contributed by atoms with van der Waals surface area (Å²) >= 11 is 0. The van der Waals surface area contributed by atoms with Crippen molar-refractivity contribution in [2.75, 3.05) is 26.2 Å². The van der Waals surface area contributed by atoms with Crippen LogP contribution in [0, 0.1) is 23.2 Å². The Bertz CT molecular complexity index is 360. The van der Waals surface area contributed by atoms with E-state index in [1.165, 1.54) is 38.6 Å². The minimum Gasteiger partial charge on any atom is -0.389 e. The van der Waals surface area contributed by atoms with Crippen molar-refractivity contribution in [2.24, 2.45) is 28.9 Å². The lowest BCUT2D eigenvalue weighted by Crippen LogP contribution is -2.62. The maximum atomic E-state index is 11.5. The second-order valence-corrected chi connectivity index (χ2v) is 7.40. The molecule has 18 heavy (non-hydrogen) atoms. The van der Waals surface area contributed by atoms with Crippen molar-refractivity contribution in [3.63, 3.8) is 0 Å². The normalized spacial score (nSPS) is 58.3. The van der Waals surface area contributed by atoms with Gasteiger partial charge < -0.3 is 15.7 Å². The van der Waals surface area contributed by atoms with Crippen molar-refractivity contribution in [1.82, 2.24) is 4.90 Å². The molecule has 0 aromatic rings.